The fourth-order valence-corrected chi connectivity index (χ4v) is 3.82. The van der Waals surface area contributed by atoms with Crippen molar-refractivity contribution in [2.75, 3.05) is 20.7 Å². The van der Waals surface area contributed by atoms with Gasteiger partial charge in [-0.3, -0.25) is 10.1 Å². The third-order valence-corrected chi connectivity index (χ3v) is 5.38. The van der Waals surface area contributed by atoms with Gasteiger partial charge >= 0.3 is 6.03 Å². The molecular formula is C24H32N3O4+. The van der Waals surface area contributed by atoms with Crippen molar-refractivity contribution in [1.82, 2.24) is 10.6 Å². The number of quaternary nitrogens is 1. The number of amides is 3. The second-order valence-electron chi connectivity index (χ2n) is 8.07. The van der Waals surface area contributed by atoms with E-state index >= 15 is 0 Å². The molecule has 1 unspecified atom stereocenters. The lowest BCUT2D eigenvalue weighted by atomic mass is 10.2. The van der Waals surface area contributed by atoms with Gasteiger partial charge in [0.05, 0.1) is 14.2 Å². The number of urea groups is 1. The molecule has 0 spiro atoms. The van der Waals surface area contributed by atoms with Crippen LogP contribution in [0.25, 0.3) is 0 Å². The quantitative estimate of drug-likeness (QED) is 0.573. The second kappa shape index (κ2) is 11.4. The zero-order valence-corrected chi connectivity index (χ0v) is 18.3. The first-order chi connectivity index (χ1) is 15.0. The summed E-state index contributed by atoms with van der Waals surface area (Å²) in [5, 5.41) is 5.30. The van der Waals surface area contributed by atoms with Gasteiger partial charge in [0.2, 0.25) is 0 Å². The number of hydrogen-bond donors (Lipinski definition) is 3. The molecule has 3 rings (SSSR count). The molecule has 7 nitrogen and oxygen atoms in total. The van der Waals surface area contributed by atoms with Gasteiger partial charge in [-0.1, -0.05) is 43.2 Å². The van der Waals surface area contributed by atoms with Crippen LogP contribution in [0.1, 0.15) is 36.8 Å². The molecule has 1 aliphatic rings. The number of ether oxygens (including phenoxy) is 2. The van der Waals surface area contributed by atoms with Crippen LogP contribution >= 0.6 is 0 Å². The summed E-state index contributed by atoms with van der Waals surface area (Å²) in [7, 11) is 3.53. The van der Waals surface area contributed by atoms with Crippen LogP contribution in [0.4, 0.5) is 4.79 Å². The van der Waals surface area contributed by atoms with E-state index < -0.39 is 6.03 Å². The molecule has 3 N–H and O–H groups in total. The van der Waals surface area contributed by atoms with E-state index in [1.54, 1.807) is 7.11 Å². The normalized spacial score (nSPS) is 14.6. The molecule has 1 saturated carbocycles. The Bertz CT molecular complexity index is 866. The molecule has 31 heavy (non-hydrogen) atoms. The zero-order chi connectivity index (χ0) is 22.1. The summed E-state index contributed by atoms with van der Waals surface area (Å²) in [6.07, 6.45) is 4.23. The molecule has 1 atom stereocenters. The van der Waals surface area contributed by atoms with Crippen molar-refractivity contribution in [3.05, 3.63) is 59.7 Å². The molecule has 0 heterocycles. The number of likely N-dealkylation sites (N-methyl/N-ethyl adjacent to an activating group) is 1. The van der Waals surface area contributed by atoms with Crippen LogP contribution in [0.2, 0.25) is 0 Å². The average molecular weight is 427 g/mol. The number of hydrogen-bond acceptors (Lipinski definition) is 4. The molecule has 0 bridgehead atoms. The van der Waals surface area contributed by atoms with Crippen LogP contribution in [0, 0.1) is 0 Å². The summed E-state index contributed by atoms with van der Waals surface area (Å²) in [5.41, 5.74) is 2.10. The Kier molecular flexibility index (Phi) is 8.29. The van der Waals surface area contributed by atoms with Gasteiger partial charge in [-0.2, -0.15) is 0 Å². The van der Waals surface area contributed by atoms with Gasteiger partial charge in [0.15, 0.2) is 18.0 Å². The molecule has 166 valence electrons. The number of nitrogens with one attached hydrogen (secondary N) is 3. The predicted molar refractivity (Wildman–Crippen MR) is 118 cm³/mol. The van der Waals surface area contributed by atoms with E-state index in [0.29, 0.717) is 24.7 Å². The summed E-state index contributed by atoms with van der Waals surface area (Å²) < 4.78 is 11.4. The maximum absolute atomic E-state index is 12.2. The van der Waals surface area contributed by atoms with Crippen molar-refractivity contribution < 1.29 is 24.0 Å². The Morgan fingerprint density at radius 1 is 1.03 bits per heavy atom. The van der Waals surface area contributed by atoms with E-state index in [1.807, 2.05) is 55.6 Å². The van der Waals surface area contributed by atoms with Crippen molar-refractivity contribution in [2.45, 2.75) is 44.9 Å². The monoisotopic (exact) mass is 426 g/mol. The number of rotatable bonds is 9. The fourth-order valence-electron chi connectivity index (χ4n) is 3.82. The van der Waals surface area contributed by atoms with E-state index in [9.17, 15) is 9.59 Å². The van der Waals surface area contributed by atoms with Crippen LogP contribution in [-0.2, 0) is 17.9 Å². The number of methoxy groups -OCH3 is 1. The van der Waals surface area contributed by atoms with Gasteiger partial charge in [-0.15, -0.1) is 0 Å². The van der Waals surface area contributed by atoms with Gasteiger partial charge in [0.25, 0.3) is 5.91 Å². The highest BCUT2D eigenvalue weighted by Gasteiger charge is 2.19. The first-order valence-corrected chi connectivity index (χ1v) is 10.8. The lowest BCUT2D eigenvalue weighted by Crippen LogP contribution is -3.09. The van der Waals surface area contributed by atoms with Crippen LogP contribution in [0.15, 0.2) is 48.5 Å². The standard InChI is InChI=1S/C24H31N3O4/c1-27(16-23(28)26-24(29)25-20-10-6-7-11-20)15-19-12-13-21(22(14-19)30-2)31-17-18-8-4-3-5-9-18/h3-5,8-9,12-14,20H,6-7,10-11,15-17H2,1-2H3,(H2,25,26,28,29)/p+1. The summed E-state index contributed by atoms with van der Waals surface area (Å²) in [5.74, 6) is 1.04. The lowest BCUT2D eigenvalue weighted by molar-refractivity contribution is -0.885. The summed E-state index contributed by atoms with van der Waals surface area (Å²) in [6.45, 7) is 1.28. The van der Waals surface area contributed by atoms with Gasteiger partial charge in [-0.05, 0) is 36.6 Å². The molecule has 0 aromatic heterocycles. The largest absolute Gasteiger partial charge is 0.493 e. The number of imide groups is 1. The SMILES string of the molecule is COc1cc(C[NH+](C)CC(=O)NC(=O)NC2CCCC2)ccc1OCc1ccccc1. The first kappa shape index (κ1) is 22.6. The average Bonchev–Trinajstić information content (AvgIpc) is 3.26. The molecule has 7 heteroatoms. The molecule has 0 aliphatic heterocycles. The highest BCUT2D eigenvalue weighted by atomic mass is 16.5. The smallest absolute Gasteiger partial charge is 0.321 e. The van der Waals surface area contributed by atoms with Crippen LogP contribution < -0.4 is 25.0 Å². The number of carbonyl (C=O) groups excluding carboxylic acids is 2. The number of carbonyl (C=O) groups is 2. The predicted octanol–water partition coefficient (Wildman–Crippen LogP) is 2.06. The van der Waals surface area contributed by atoms with E-state index in [0.717, 1.165) is 41.7 Å². The minimum absolute atomic E-state index is 0.188. The Balaban J connectivity index is 1.47. The summed E-state index contributed by atoms with van der Waals surface area (Å²) in [6, 6.07) is 15.5. The van der Waals surface area contributed by atoms with Crippen molar-refractivity contribution >= 4 is 11.9 Å². The summed E-state index contributed by atoms with van der Waals surface area (Å²) in [4.78, 5) is 25.1. The molecular weight excluding hydrogens is 394 g/mol. The van der Waals surface area contributed by atoms with E-state index in [-0.39, 0.29) is 18.5 Å². The maximum Gasteiger partial charge on any atom is 0.321 e. The Morgan fingerprint density at radius 3 is 2.48 bits per heavy atom. The van der Waals surface area contributed by atoms with Crippen molar-refractivity contribution in [2.24, 2.45) is 0 Å². The molecule has 1 fully saturated rings. The van der Waals surface area contributed by atoms with Gasteiger partial charge < -0.3 is 19.7 Å². The van der Waals surface area contributed by atoms with E-state index in [4.69, 9.17) is 9.47 Å². The van der Waals surface area contributed by atoms with Gasteiger partial charge in [-0.25, -0.2) is 4.79 Å². The molecule has 2 aromatic rings. The van der Waals surface area contributed by atoms with Crippen LogP contribution in [0.3, 0.4) is 0 Å². The maximum atomic E-state index is 12.2. The first-order valence-electron chi connectivity index (χ1n) is 10.8. The highest BCUT2D eigenvalue weighted by Crippen LogP contribution is 2.28. The lowest BCUT2D eigenvalue weighted by Gasteiger charge is -2.16. The van der Waals surface area contributed by atoms with Crippen LogP contribution in [-0.4, -0.2) is 38.7 Å². The molecule has 0 saturated heterocycles. The number of benzene rings is 2. The van der Waals surface area contributed by atoms with Crippen LogP contribution in [0.5, 0.6) is 11.5 Å². The highest BCUT2D eigenvalue weighted by molar-refractivity contribution is 5.94. The van der Waals surface area contributed by atoms with E-state index in [1.165, 1.54) is 0 Å². The summed E-state index contributed by atoms with van der Waals surface area (Å²) >= 11 is 0. The van der Waals surface area contributed by atoms with Crippen molar-refractivity contribution in [1.29, 1.82) is 0 Å². The molecule has 0 radical (unpaired) electrons. The molecule has 3 amide bonds. The zero-order valence-electron chi connectivity index (χ0n) is 18.3. The Hall–Kier alpha value is -3.06. The minimum atomic E-state index is -0.397. The van der Waals surface area contributed by atoms with Gasteiger partial charge in [0.1, 0.15) is 13.2 Å². The third kappa shape index (κ3) is 7.29. The van der Waals surface area contributed by atoms with E-state index in [2.05, 4.69) is 10.6 Å². The minimum Gasteiger partial charge on any atom is -0.493 e. The molecule has 2 aromatic carbocycles. The second-order valence-corrected chi connectivity index (χ2v) is 8.07. The van der Waals surface area contributed by atoms with Crippen molar-refractivity contribution in [3.63, 3.8) is 0 Å². The van der Waals surface area contributed by atoms with Gasteiger partial charge in [0, 0.05) is 11.6 Å². The Labute approximate surface area is 183 Å². The molecule has 1 aliphatic carbocycles. The topological polar surface area (TPSA) is 81.1 Å². The Morgan fingerprint density at radius 2 is 1.77 bits per heavy atom. The third-order valence-electron chi connectivity index (χ3n) is 5.38. The fraction of sp³-hybridized carbons (Fsp3) is 0.417. The van der Waals surface area contributed by atoms with Crippen molar-refractivity contribution in [3.8, 4) is 11.5 Å².